The molecule has 1 saturated heterocycles. The van der Waals surface area contributed by atoms with Crippen LogP contribution in [-0.2, 0) is 9.59 Å². The predicted molar refractivity (Wildman–Crippen MR) is 111 cm³/mol. The standard InChI is InChI=1S/C23H28N2O4/c1-24(17-21(26)27)19-11-8-15-25(16-14-19)23(28)22(18-9-4-2-5-10-18)29-20-12-6-3-7-13-20/h2-7,9-10,12-13,19,22H,8,11,14-17H2,1H3,(H,26,27). The lowest BCUT2D eigenvalue weighted by Gasteiger charge is -2.28. The van der Waals surface area contributed by atoms with Crippen LogP contribution in [0.5, 0.6) is 5.75 Å². The van der Waals surface area contributed by atoms with Gasteiger partial charge in [-0.25, -0.2) is 0 Å². The number of hydrogen-bond donors (Lipinski definition) is 1. The molecular weight excluding hydrogens is 368 g/mol. The van der Waals surface area contributed by atoms with Crippen LogP contribution in [0.2, 0.25) is 0 Å². The van der Waals surface area contributed by atoms with Crippen LogP contribution in [-0.4, -0.2) is 59.5 Å². The molecule has 2 atom stereocenters. The monoisotopic (exact) mass is 396 g/mol. The van der Waals surface area contributed by atoms with E-state index in [4.69, 9.17) is 9.84 Å². The van der Waals surface area contributed by atoms with Crippen LogP contribution >= 0.6 is 0 Å². The fourth-order valence-electron chi connectivity index (χ4n) is 3.77. The first-order chi connectivity index (χ1) is 14.0. The van der Waals surface area contributed by atoms with Gasteiger partial charge in [-0.2, -0.15) is 0 Å². The molecule has 0 aliphatic carbocycles. The Labute approximate surface area is 171 Å². The zero-order valence-electron chi connectivity index (χ0n) is 16.7. The maximum Gasteiger partial charge on any atom is 0.317 e. The van der Waals surface area contributed by atoms with Crippen molar-refractivity contribution in [2.75, 3.05) is 26.7 Å². The number of carbonyl (C=O) groups is 2. The van der Waals surface area contributed by atoms with Gasteiger partial charge in [0.1, 0.15) is 5.75 Å². The van der Waals surface area contributed by atoms with Gasteiger partial charge in [-0.1, -0.05) is 48.5 Å². The highest BCUT2D eigenvalue weighted by Gasteiger charge is 2.30. The molecule has 3 rings (SSSR count). The fraction of sp³-hybridized carbons (Fsp3) is 0.391. The maximum absolute atomic E-state index is 13.4. The van der Waals surface area contributed by atoms with E-state index < -0.39 is 12.1 Å². The van der Waals surface area contributed by atoms with E-state index in [1.807, 2.05) is 77.5 Å². The molecule has 6 heteroatoms. The van der Waals surface area contributed by atoms with E-state index in [0.717, 1.165) is 24.8 Å². The number of rotatable bonds is 7. The molecule has 29 heavy (non-hydrogen) atoms. The van der Waals surface area contributed by atoms with Crippen LogP contribution in [0.15, 0.2) is 60.7 Å². The number of para-hydroxylation sites is 1. The zero-order valence-corrected chi connectivity index (χ0v) is 16.7. The van der Waals surface area contributed by atoms with E-state index in [1.54, 1.807) is 0 Å². The summed E-state index contributed by atoms with van der Waals surface area (Å²) in [6.07, 6.45) is 1.77. The van der Waals surface area contributed by atoms with Crippen LogP contribution in [0.4, 0.5) is 0 Å². The number of carboxylic acid groups (broad SMARTS) is 1. The zero-order chi connectivity index (χ0) is 20.6. The van der Waals surface area contributed by atoms with Crippen LogP contribution in [0.25, 0.3) is 0 Å². The third-order valence-electron chi connectivity index (χ3n) is 5.34. The minimum Gasteiger partial charge on any atom is -0.480 e. The summed E-state index contributed by atoms with van der Waals surface area (Å²) >= 11 is 0. The number of benzene rings is 2. The highest BCUT2D eigenvalue weighted by atomic mass is 16.5. The van der Waals surface area contributed by atoms with Crippen LogP contribution < -0.4 is 4.74 Å². The first-order valence-electron chi connectivity index (χ1n) is 10.0. The Kier molecular flexibility index (Phi) is 7.25. The number of likely N-dealkylation sites (tertiary alicyclic amines) is 1. The van der Waals surface area contributed by atoms with Crippen LogP contribution in [0, 0.1) is 0 Å². The molecular formula is C23H28N2O4. The molecule has 1 N–H and O–H groups in total. The molecule has 0 bridgehead atoms. The molecule has 2 unspecified atom stereocenters. The number of likely N-dealkylation sites (N-methyl/N-ethyl adjacent to an activating group) is 1. The molecule has 1 fully saturated rings. The largest absolute Gasteiger partial charge is 0.480 e. The smallest absolute Gasteiger partial charge is 0.317 e. The van der Waals surface area contributed by atoms with Gasteiger partial charge < -0.3 is 14.7 Å². The van der Waals surface area contributed by atoms with Crippen LogP contribution in [0.3, 0.4) is 0 Å². The summed E-state index contributed by atoms with van der Waals surface area (Å²) in [5, 5.41) is 9.04. The van der Waals surface area contributed by atoms with Gasteiger partial charge in [-0.15, -0.1) is 0 Å². The average molecular weight is 396 g/mol. The molecule has 0 saturated carbocycles. The summed E-state index contributed by atoms with van der Waals surface area (Å²) in [5.41, 5.74) is 0.824. The lowest BCUT2D eigenvalue weighted by molar-refractivity contribution is -0.140. The summed E-state index contributed by atoms with van der Waals surface area (Å²) < 4.78 is 6.10. The van der Waals surface area contributed by atoms with Gasteiger partial charge in [0.05, 0.1) is 6.54 Å². The summed E-state index contributed by atoms with van der Waals surface area (Å²) in [4.78, 5) is 28.1. The minimum absolute atomic E-state index is 0.0162. The third kappa shape index (κ3) is 5.81. The predicted octanol–water partition coefficient (Wildman–Crippen LogP) is 3.20. The number of nitrogens with zero attached hydrogens (tertiary/aromatic N) is 2. The molecule has 0 spiro atoms. The SMILES string of the molecule is CN(CC(=O)O)C1CCCN(C(=O)C(Oc2ccccc2)c2ccccc2)CC1. The van der Waals surface area contributed by atoms with Crippen molar-refractivity contribution in [1.29, 1.82) is 0 Å². The van der Waals surface area contributed by atoms with E-state index in [-0.39, 0.29) is 18.5 Å². The summed E-state index contributed by atoms with van der Waals surface area (Å²) in [7, 11) is 1.83. The van der Waals surface area contributed by atoms with Gasteiger partial charge in [0.15, 0.2) is 0 Å². The van der Waals surface area contributed by atoms with Crippen molar-refractivity contribution in [3.8, 4) is 5.75 Å². The first kappa shape index (κ1) is 20.9. The molecule has 0 aromatic heterocycles. The maximum atomic E-state index is 13.4. The lowest BCUT2D eigenvalue weighted by Crippen LogP contribution is -2.39. The van der Waals surface area contributed by atoms with Gasteiger partial charge in [-0.3, -0.25) is 14.5 Å². The normalized spacial score (nSPS) is 18.1. The Morgan fingerprint density at radius 3 is 2.38 bits per heavy atom. The lowest BCUT2D eigenvalue weighted by atomic mass is 10.1. The number of aliphatic carboxylic acids is 1. The van der Waals surface area contributed by atoms with Gasteiger partial charge in [0.2, 0.25) is 6.10 Å². The quantitative estimate of drug-likeness (QED) is 0.778. The molecule has 0 radical (unpaired) electrons. The Hall–Kier alpha value is -2.86. The van der Waals surface area contributed by atoms with Crippen molar-refractivity contribution >= 4 is 11.9 Å². The van der Waals surface area contributed by atoms with Crippen LogP contribution in [0.1, 0.15) is 30.9 Å². The first-order valence-corrected chi connectivity index (χ1v) is 10.0. The highest BCUT2D eigenvalue weighted by molar-refractivity contribution is 5.82. The van der Waals surface area contributed by atoms with E-state index >= 15 is 0 Å². The molecule has 1 aliphatic rings. The number of amides is 1. The second kappa shape index (κ2) is 10.1. The average Bonchev–Trinajstić information content (AvgIpc) is 2.99. The number of ether oxygens (including phenoxy) is 1. The van der Waals surface area contributed by atoms with E-state index in [2.05, 4.69) is 0 Å². The second-order valence-corrected chi connectivity index (χ2v) is 7.44. The molecule has 1 heterocycles. The van der Waals surface area contributed by atoms with Crippen molar-refractivity contribution in [2.45, 2.75) is 31.4 Å². The van der Waals surface area contributed by atoms with Gasteiger partial charge >= 0.3 is 5.97 Å². The number of hydrogen-bond acceptors (Lipinski definition) is 4. The Morgan fingerprint density at radius 2 is 1.72 bits per heavy atom. The van der Waals surface area contributed by atoms with Crippen molar-refractivity contribution in [2.24, 2.45) is 0 Å². The summed E-state index contributed by atoms with van der Waals surface area (Å²) in [6.45, 7) is 1.26. The Morgan fingerprint density at radius 1 is 1.07 bits per heavy atom. The van der Waals surface area contributed by atoms with E-state index in [1.165, 1.54) is 0 Å². The van der Waals surface area contributed by atoms with Crippen molar-refractivity contribution in [3.05, 3.63) is 66.2 Å². The minimum atomic E-state index is -0.829. The van der Waals surface area contributed by atoms with E-state index in [9.17, 15) is 9.59 Å². The summed E-state index contributed by atoms with van der Waals surface area (Å²) in [5.74, 6) is -0.227. The second-order valence-electron chi connectivity index (χ2n) is 7.44. The van der Waals surface area contributed by atoms with Gasteiger partial charge in [0, 0.05) is 24.7 Å². The molecule has 154 valence electrons. The molecule has 2 aromatic rings. The molecule has 2 aromatic carbocycles. The molecule has 1 amide bonds. The van der Waals surface area contributed by atoms with Gasteiger partial charge in [-0.05, 0) is 38.4 Å². The van der Waals surface area contributed by atoms with Crippen molar-refractivity contribution in [3.63, 3.8) is 0 Å². The Balaban J connectivity index is 1.73. The fourth-order valence-corrected chi connectivity index (χ4v) is 3.77. The summed E-state index contributed by atoms with van der Waals surface area (Å²) in [6, 6.07) is 19.1. The highest BCUT2D eigenvalue weighted by Crippen LogP contribution is 2.26. The number of carboxylic acids is 1. The Bertz CT molecular complexity index is 797. The van der Waals surface area contributed by atoms with Crippen molar-refractivity contribution < 1.29 is 19.4 Å². The molecule has 6 nitrogen and oxygen atoms in total. The van der Waals surface area contributed by atoms with E-state index in [0.29, 0.717) is 18.8 Å². The third-order valence-corrected chi connectivity index (χ3v) is 5.34. The van der Waals surface area contributed by atoms with Gasteiger partial charge in [0.25, 0.3) is 5.91 Å². The molecule has 1 aliphatic heterocycles. The topological polar surface area (TPSA) is 70.1 Å². The van der Waals surface area contributed by atoms with Crippen molar-refractivity contribution in [1.82, 2.24) is 9.80 Å². The number of carbonyl (C=O) groups excluding carboxylic acids is 1.